The molecule has 0 amide bonds. The minimum Gasteiger partial charge on any atom is -0.419 e. The van der Waals surface area contributed by atoms with Crippen molar-refractivity contribution >= 4 is 15.7 Å². The van der Waals surface area contributed by atoms with Gasteiger partial charge in [0.1, 0.15) is 5.82 Å². The lowest BCUT2D eigenvalue weighted by molar-refractivity contribution is 0.449. The van der Waals surface area contributed by atoms with E-state index in [2.05, 4.69) is 10.3 Å². The van der Waals surface area contributed by atoms with Crippen LogP contribution in [0, 0.1) is 12.7 Å². The van der Waals surface area contributed by atoms with Crippen LogP contribution in [-0.4, -0.2) is 19.4 Å². The molecule has 1 aliphatic rings. The van der Waals surface area contributed by atoms with Gasteiger partial charge >= 0.3 is 0 Å². The normalized spacial score (nSPS) is 15.4. The molecule has 1 saturated carbocycles. The fourth-order valence-electron chi connectivity index (χ4n) is 3.59. The predicted octanol–water partition coefficient (Wildman–Crippen LogP) is 5.37. The highest BCUT2D eigenvalue weighted by atomic mass is 32.2. The van der Waals surface area contributed by atoms with Gasteiger partial charge in [0.15, 0.2) is 0 Å². The van der Waals surface area contributed by atoms with Gasteiger partial charge in [-0.15, -0.1) is 0 Å². The van der Waals surface area contributed by atoms with Crippen molar-refractivity contribution in [3.63, 3.8) is 0 Å². The summed E-state index contributed by atoms with van der Waals surface area (Å²) < 4.78 is 46.6. The van der Waals surface area contributed by atoms with Crippen LogP contribution in [0.5, 0.6) is 0 Å². The van der Waals surface area contributed by atoms with Crippen molar-refractivity contribution in [2.45, 2.75) is 55.0 Å². The monoisotopic (exact) mass is 414 g/mol. The maximum absolute atomic E-state index is 14.3. The number of benzene rings is 2. The van der Waals surface area contributed by atoms with Gasteiger partial charge in [0.05, 0.1) is 10.5 Å². The molecule has 29 heavy (non-hydrogen) atoms. The van der Waals surface area contributed by atoms with Gasteiger partial charge in [-0.05, 0) is 44.0 Å². The van der Waals surface area contributed by atoms with Crippen molar-refractivity contribution in [1.82, 2.24) is 4.98 Å². The minimum absolute atomic E-state index is 0.0490. The number of aryl methyl sites for hydroxylation is 1. The second kappa shape index (κ2) is 7.99. The number of hydrogen-bond donors (Lipinski definition) is 1. The van der Waals surface area contributed by atoms with E-state index in [1.807, 2.05) is 6.92 Å². The Hall–Kier alpha value is -2.67. The van der Waals surface area contributed by atoms with Crippen LogP contribution in [0.4, 0.5) is 10.3 Å². The Balaban J connectivity index is 1.80. The molecule has 1 aromatic heterocycles. The Morgan fingerprint density at radius 1 is 1.03 bits per heavy atom. The van der Waals surface area contributed by atoms with Gasteiger partial charge in [-0.2, -0.15) is 4.98 Å². The summed E-state index contributed by atoms with van der Waals surface area (Å²) in [6, 6.07) is 12.7. The van der Waals surface area contributed by atoms with Crippen molar-refractivity contribution in [2.24, 2.45) is 0 Å². The molecule has 1 N–H and O–H groups in total. The van der Waals surface area contributed by atoms with Crippen LogP contribution in [-0.2, 0) is 9.84 Å². The smallest absolute Gasteiger partial charge is 0.234 e. The van der Waals surface area contributed by atoms with Crippen molar-refractivity contribution < 1.29 is 17.2 Å². The Labute approximate surface area is 169 Å². The molecule has 7 heteroatoms. The van der Waals surface area contributed by atoms with Crippen LogP contribution in [0.3, 0.4) is 0 Å². The zero-order valence-corrected chi connectivity index (χ0v) is 17.0. The first-order valence-corrected chi connectivity index (χ1v) is 11.3. The number of aromatic nitrogens is 1. The molecule has 4 rings (SSSR count). The predicted molar refractivity (Wildman–Crippen MR) is 109 cm³/mol. The summed E-state index contributed by atoms with van der Waals surface area (Å²) in [5.74, 6) is -0.486. The van der Waals surface area contributed by atoms with Crippen LogP contribution in [0.15, 0.2) is 62.9 Å². The third-order valence-corrected chi connectivity index (χ3v) is 6.91. The maximum Gasteiger partial charge on any atom is 0.234 e. The minimum atomic E-state index is -3.93. The lowest BCUT2D eigenvalue weighted by atomic mass is 9.96. The first-order chi connectivity index (χ1) is 13.9. The van der Waals surface area contributed by atoms with Gasteiger partial charge in [-0.25, -0.2) is 12.8 Å². The average Bonchev–Trinajstić information content (AvgIpc) is 3.14. The molecule has 0 unspecified atom stereocenters. The van der Waals surface area contributed by atoms with Gasteiger partial charge in [-0.3, -0.25) is 0 Å². The second-order valence-corrected chi connectivity index (χ2v) is 9.29. The topological polar surface area (TPSA) is 72.2 Å². The molecular formula is C22H23FN2O3S. The zero-order chi connectivity index (χ0) is 20.4. The van der Waals surface area contributed by atoms with E-state index in [0.717, 1.165) is 31.2 Å². The van der Waals surface area contributed by atoms with Crippen molar-refractivity contribution in [3.05, 3.63) is 59.9 Å². The number of halogens is 1. The summed E-state index contributed by atoms with van der Waals surface area (Å²) in [4.78, 5) is 4.35. The number of rotatable bonds is 5. The molecule has 1 aliphatic carbocycles. The Kier molecular flexibility index (Phi) is 5.41. The highest BCUT2D eigenvalue weighted by molar-refractivity contribution is 7.91. The third-order valence-electron chi connectivity index (χ3n) is 5.23. The van der Waals surface area contributed by atoms with Crippen LogP contribution in [0.25, 0.3) is 11.5 Å². The highest BCUT2D eigenvalue weighted by Gasteiger charge is 2.30. The number of hydrogen-bond acceptors (Lipinski definition) is 5. The first-order valence-electron chi connectivity index (χ1n) is 9.79. The summed E-state index contributed by atoms with van der Waals surface area (Å²) in [6.07, 6.45) is 5.18. The van der Waals surface area contributed by atoms with Gasteiger partial charge in [0.2, 0.25) is 26.6 Å². The molecule has 0 radical (unpaired) electrons. The van der Waals surface area contributed by atoms with E-state index in [4.69, 9.17) is 4.42 Å². The van der Waals surface area contributed by atoms with Gasteiger partial charge in [0.25, 0.3) is 0 Å². The SMILES string of the molecule is Cc1ccc(S(=O)(=O)c2nc(-c3ccccc3F)oc2NC2CCCCC2)cc1. The van der Waals surface area contributed by atoms with Gasteiger partial charge in [-0.1, -0.05) is 49.1 Å². The maximum atomic E-state index is 14.3. The van der Waals surface area contributed by atoms with Crippen LogP contribution >= 0.6 is 0 Å². The summed E-state index contributed by atoms with van der Waals surface area (Å²) in [6.45, 7) is 1.89. The van der Waals surface area contributed by atoms with Gasteiger partial charge in [0, 0.05) is 6.04 Å². The van der Waals surface area contributed by atoms with E-state index in [9.17, 15) is 12.8 Å². The second-order valence-electron chi connectivity index (χ2n) is 7.43. The van der Waals surface area contributed by atoms with Crippen LogP contribution in [0.2, 0.25) is 0 Å². The molecule has 1 fully saturated rings. The van der Waals surface area contributed by atoms with Crippen molar-refractivity contribution in [1.29, 1.82) is 0 Å². The largest absolute Gasteiger partial charge is 0.419 e. The average molecular weight is 415 g/mol. The van der Waals surface area contributed by atoms with Crippen LogP contribution in [0.1, 0.15) is 37.7 Å². The third kappa shape index (κ3) is 4.05. The molecule has 0 aliphatic heterocycles. The van der Waals surface area contributed by atoms with Crippen LogP contribution < -0.4 is 5.32 Å². The fourth-order valence-corrected chi connectivity index (χ4v) is 4.86. The molecule has 3 aromatic rings. The Morgan fingerprint density at radius 2 is 1.72 bits per heavy atom. The van der Waals surface area contributed by atoms with Crippen molar-refractivity contribution in [3.8, 4) is 11.5 Å². The highest BCUT2D eigenvalue weighted by Crippen LogP contribution is 2.35. The zero-order valence-electron chi connectivity index (χ0n) is 16.2. The fraction of sp³-hybridized carbons (Fsp3) is 0.318. The van der Waals surface area contributed by atoms with E-state index in [1.165, 1.54) is 18.6 Å². The quantitative estimate of drug-likeness (QED) is 0.608. The summed E-state index contributed by atoms with van der Waals surface area (Å²) in [7, 11) is -3.93. The molecule has 152 valence electrons. The number of nitrogens with zero attached hydrogens (tertiary/aromatic N) is 1. The lowest BCUT2D eigenvalue weighted by Crippen LogP contribution is -2.23. The van der Waals surface area contributed by atoms with Crippen molar-refractivity contribution in [2.75, 3.05) is 5.32 Å². The van der Waals surface area contributed by atoms with Gasteiger partial charge < -0.3 is 9.73 Å². The number of nitrogens with one attached hydrogen (secondary N) is 1. The summed E-state index contributed by atoms with van der Waals surface area (Å²) in [5, 5.41) is 3.01. The summed E-state index contributed by atoms with van der Waals surface area (Å²) >= 11 is 0. The summed E-state index contributed by atoms with van der Waals surface area (Å²) in [5.41, 5.74) is 1.08. The van der Waals surface area contributed by atoms with E-state index >= 15 is 0 Å². The van der Waals surface area contributed by atoms with E-state index in [1.54, 1.807) is 36.4 Å². The first kappa shape index (κ1) is 19.6. The van der Waals surface area contributed by atoms with E-state index in [0.29, 0.717) is 0 Å². The molecule has 0 saturated heterocycles. The number of anilines is 1. The Bertz CT molecular complexity index is 1100. The Morgan fingerprint density at radius 3 is 2.41 bits per heavy atom. The lowest BCUT2D eigenvalue weighted by Gasteiger charge is -2.22. The standard InChI is InChI=1S/C22H23FN2O3S/c1-15-11-13-17(14-12-15)29(26,27)22-21(24-16-7-3-2-4-8-16)28-20(25-22)18-9-5-6-10-19(18)23/h5-6,9-14,16,24H,2-4,7-8H2,1H3. The molecule has 1 heterocycles. The molecule has 2 aromatic carbocycles. The molecular weight excluding hydrogens is 391 g/mol. The molecule has 0 spiro atoms. The van der Waals surface area contributed by atoms with E-state index < -0.39 is 15.7 Å². The molecule has 0 atom stereocenters. The number of sulfone groups is 1. The van der Waals surface area contributed by atoms with E-state index in [-0.39, 0.29) is 33.3 Å². The molecule has 0 bridgehead atoms. The molecule has 5 nitrogen and oxygen atoms in total. The number of oxazole rings is 1.